The van der Waals surface area contributed by atoms with Crippen molar-refractivity contribution in [3.8, 4) is 0 Å². The predicted octanol–water partition coefficient (Wildman–Crippen LogP) is 1.30. The summed E-state index contributed by atoms with van der Waals surface area (Å²) in [7, 11) is 0. The number of nitrogens with one attached hydrogen (secondary N) is 2. The lowest BCUT2D eigenvalue weighted by Gasteiger charge is -2.11. The van der Waals surface area contributed by atoms with Crippen molar-refractivity contribution in [2.75, 3.05) is 11.9 Å². The number of carbonyl (C=O) groups excluding carboxylic acids is 1. The highest BCUT2D eigenvalue weighted by Crippen LogP contribution is 2.29. The number of anilines is 1. The highest BCUT2D eigenvalue weighted by atomic mass is 32.1. The lowest BCUT2D eigenvalue weighted by molar-refractivity contribution is -0.119. The zero-order valence-electron chi connectivity index (χ0n) is 9.36. The molecular weight excluding hydrogens is 236 g/mol. The Kier molecular flexibility index (Phi) is 2.44. The van der Waals surface area contributed by atoms with Gasteiger partial charge in [-0.05, 0) is 17.9 Å². The minimum atomic E-state index is 0.0924. The SMILES string of the molecule is Cc1csc2ncnc(NC3CNC(=O)C3)c12. The number of nitrogens with zero attached hydrogens (tertiary/aromatic N) is 2. The van der Waals surface area contributed by atoms with Crippen molar-refractivity contribution in [2.45, 2.75) is 19.4 Å². The van der Waals surface area contributed by atoms with Crippen LogP contribution in [0.15, 0.2) is 11.7 Å². The molecule has 5 nitrogen and oxygen atoms in total. The summed E-state index contributed by atoms with van der Waals surface area (Å²) in [6.07, 6.45) is 2.07. The van der Waals surface area contributed by atoms with Crippen molar-refractivity contribution >= 4 is 33.3 Å². The highest BCUT2D eigenvalue weighted by molar-refractivity contribution is 7.17. The number of amides is 1. The van der Waals surface area contributed by atoms with Gasteiger partial charge in [-0.25, -0.2) is 9.97 Å². The predicted molar refractivity (Wildman–Crippen MR) is 67.2 cm³/mol. The lowest BCUT2D eigenvalue weighted by Crippen LogP contribution is -2.23. The lowest BCUT2D eigenvalue weighted by atomic mass is 10.2. The third kappa shape index (κ3) is 1.84. The van der Waals surface area contributed by atoms with Crippen LogP contribution in [0.4, 0.5) is 5.82 Å². The summed E-state index contributed by atoms with van der Waals surface area (Å²) in [6.45, 7) is 2.71. The number of hydrogen-bond acceptors (Lipinski definition) is 5. The molecule has 2 N–H and O–H groups in total. The molecule has 0 aromatic carbocycles. The van der Waals surface area contributed by atoms with Gasteiger partial charge in [-0.15, -0.1) is 11.3 Å². The van der Waals surface area contributed by atoms with E-state index in [0.717, 1.165) is 16.0 Å². The minimum Gasteiger partial charge on any atom is -0.364 e. The number of thiophene rings is 1. The summed E-state index contributed by atoms with van der Waals surface area (Å²) in [6, 6.07) is 0.125. The van der Waals surface area contributed by atoms with Gasteiger partial charge >= 0.3 is 0 Å². The quantitative estimate of drug-likeness (QED) is 0.840. The van der Waals surface area contributed by atoms with Gasteiger partial charge in [-0.2, -0.15) is 0 Å². The topological polar surface area (TPSA) is 66.9 Å². The van der Waals surface area contributed by atoms with Crippen molar-refractivity contribution in [1.29, 1.82) is 0 Å². The summed E-state index contributed by atoms with van der Waals surface area (Å²) in [5, 5.41) is 9.26. The van der Waals surface area contributed by atoms with E-state index in [0.29, 0.717) is 13.0 Å². The van der Waals surface area contributed by atoms with Crippen LogP contribution in [0, 0.1) is 6.92 Å². The normalized spacial score (nSPS) is 19.6. The van der Waals surface area contributed by atoms with Crippen LogP contribution in [0.1, 0.15) is 12.0 Å². The molecule has 3 rings (SSSR count). The van der Waals surface area contributed by atoms with Crippen LogP contribution >= 0.6 is 11.3 Å². The molecule has 0 radical (unpaired) electrons. The summed E-state index contributed by atoms with van der Waals surface area (Å²) < 4.78 is 0. The maximum absolute atomic E-state index is 11.1. The van der Waals surface area contributed by atoms with Gasteiger partial charge in [0.15, 0.2) is 0 Å². The molecule has 88 valence electrons. The van der Waals surface area contributed by atoms with Crippen LogP contribution in [0.25, 0.3) is 10.2 Å². The number of fused-ring (bicyclic) bond motifs is 1. The molecule has 1 amide bonds. The van der Waals surface area contributed by atoms with Crippen LogP contribution in [0.3, 0.4) is 0 Å². The van der Waals surface area contributed by atoms with Crippen LogP contribution in [0.2, 0.25) is 0 Å². The molecule has 2 aromatic heterocycles. The molecule has 2 aromatic rings. The van der Waals surface area contributed by atoms with E-state index in [1.54, 1.807) is 17.7 Å². The molecule has 1 fully saturated rings. The standard InChI is InChI=1S/C11H12N4OS/c1-6-4-17-11-9(6)10(13-5-14-11)15-7-2-8(16)12-3-7/h4-5,7H,2-3H2,1H3,(H,12,16)(H,13,14,15). The Labute approximate surface area is 102 Å². The first kappa shape index (κ1) is 10.5. The molecule has 1 unspecified atom stereocenters. The van der Waals surface area contributed by atoms with E-state index in [1.165, 1.54) is 5.56 Å². The number of aromatic nitrogens is 2. The first-order valence-electron chi connectivity index (χ1n) is 5.46. The Morgan fingerprint density at radius 1 is 1.53 bits per heavy atom. The zero-order valence-corrected chi connectivity index (χ0v) is 10.2. The molecular formula is C11H12N4OS. The van der Waals surface area contributed by atoms with Crippen LogP contribution in [-0.4, -0.2) is 28.5 Å². The van der Waals surface area contributed by atoms with E-state index in [1.807, 2.05) is 6.92 Å². The van der Waals surface area contributed by atoms with Crippen LogP contribution in [0.5, 0.6) is 0 Å². The van der Waals surface area contributed by atoms with E-state index in [-0.39, 0.29) is 11.9 Å². The van der Waals surface area contributed by atoms with E-state index in [2.05, 4.69) is 26.0 Å². The van der Waals surface area contributed by atoms with Crippen molar-refractivity contribution < 1.29 is 4.79 Å². The average molecular weight is 248 g/mol. The molecule has 3 heterocycles. The van der Waals surface area contributed by atoms with Gasteiger partial charge in [0.25, 0.3) is 0 Å². The smallest absolute Gasteiger partial charge is 0.222 e. The molecule has 6 heteroatoms. The van der Waals surface area contributed by atoms with Crippen molar-refractivity contribution in [3.63, 3.8) is 0 Å². The number of aryl methyl sites for hydroxylation is 1. The summed E-state index contributed by atoms with van der Waals surface area (Å²) in [5.41, 5.74) is 1.17. The van der Waals surface area contributed by atoms with E-state index in [4.69, 9.17) is 0 Å². The molecule has 1 aliphatic rings. The van der Waals surface area contributed by atoms with Gasteiger partial charge in [0, 0.05) is 13.0 Å². The first-order chi connectivity index (χ1) is 8.24. The maximum Gasteiger partial charge on any atom is 0.222 e. The fourth-order valence-corrected chi connectivity index (χ4v) is 2.92. The van der Waals surface area contributed by atoms with E-state index < -0.39 is 0 Å². The number of hydrogen-bond donors (Lipinski definition) is 2. The van der Waals surface area contributed by atoms with E-state index in [9.17, 15) is 4.79 Å². The number of rotatable bonds is 2. The Hall–Kier alpha value is -1.69. The molecule has 17 heavy (non-hydrogen) atoms. The molecule has 0 bridgehead atoms. The van der Waals surface area contributed by atoms with E-state index >= 15 is 0 Å². The second kappa shape index (κ2) is 3.96. The van der Waals surface area contributed by atoms with Crippen molar-refractivity contribution in [2.24, 2.45) is 0 Å². The zero-order chi connectivity index (χ0) is 11.8. The number of carbonyl (C=O) groups is 1. The average Bonchev–Trinajstić information content (AvgIpc) is 2.87. The fraction of sp³-hybridized carbons (Fsp3) is 0.364. The second-order valence-corrected chi connectivity index (χ2v) is 5.03. The Balaban J connectivity index is 1.94. The van der Waals surface area contributed by atoms with Gasteiger partial charge in [0.1, 0.15) is 17.0 Å². The fourth-order valence-electron chi connectivity index (χ4n) is 2.03. The third-order valence-corrected chi connectivity index (χ3v) is 3.88. The maximum atomic E-state index is 11.1. The molecule has 1 atom stereocenters. The van der Waals surface area contributed by atoms with Gasteiger partial charge in [-0.3, -0.25) is 4.79 Å². The van der Waals surface area contributed by atoms with Gasteiger partial charge in [0.05, 0.1) is 11.4 Å². The highest BCUT2D eigenvalue weighted by Gasteiger charge is 2.22. The van der Waals surface area contributed by atoms with Gasteiger partial charge in [-0.1, -0.05) is 0 Å². The largest absolute Gasteiger partial charge is 0.364 e. The second-order valence-electron chi connectivity index (χ2n) is 4.17. The van der Waals surface area contributed by atoms with Crippen LogP contribution < -0.4 is 10.6 Å². The van der Waals surface area contributed by atoms with Crippen LogP contribution in [-0.2, 0) is 4.79 Å². The summed E-state index contributed by atoms with van der Waals surface area (Å²) >= 11 is 1.61. The van der Waals surface area contributed by atoms with Gasteiger partial charge in [0.2, 0.25) is 5.91 Å². The molecule has 1 saturated heterocycles. The molecule has 0 spiro atoms. The first-order valence-corrected chi connectivity index (χ1v) is 6.34. The molecule has 0 saturated carbocycles. The third-order valence-electron chi connectivity index (χ3n) is 2.87. The minimum absolute atomic E-state index is 0.0924. The summed E-state index contributed by atoms with van der Waals surface area (Å²) in [4.78, 5) is 20.6. The Bertz CT molecular complexity index is 580. The van der Waals surface area contributed by atoms with Gasteiger partial charge < -0.3 is 10.6 Å². The molecule has 1 aliphatic heterocycles. The monoisotopic (exact) mass is 248 g/mol. The Morgan fingerprint density at radius 3 is 3.18 bits per heavy atom. The summed E-state index contributed by atoms with van der Waals surface area (Å²) in [5.74, 6) is 0.921. The van der Waals surface area contributed by atoms with Crippen molar-refractivity contribution in [3.05, 3.63) is 17.3 Å². The van der Waals surface area contributed by atoms with Crippen molar-refractivity contribution in [1.82, 2.24) is 15.3 Å². The Morgan fingerprint density at radius 2 is 2.41 bits per heavy atom. The molecule has 0 aliphatic carbocycles.